The third kappa shape index (κ3) is 3.07. The van der Waals surface area contributed by atoms with Gasteiger partial charge in [0, 0.05) is 17.9 Å². The first-order valence-electron chi connectivity index (χ1n) is 6.61. The van der Waals surface area contributed by atoms with E-state index in [0.29, 0.717) is 28.1 Å². The Labute approximate surface area is 135 Å². The van der Waals surface area contributed by atoms with E-state index in [2.05, 4.69) is 15.9 Å². The zero-order valence-electron chi connectivity index (χ0n) is 11.1. The topological polar surface area (TPSA) is 29.5 Å². The van der Waals surface area contributed by atoms with Crippen molar-refractivity contribution in [3.63, 3.8) is 0 Å². The van der Waals surface area contributed by atoms with E-state index in [1.807, 2.05) is 12.1 Å². The molecule has 1 N–H and O–H groups in total. The van der Waals surface area contributed by atoms with E-state index in [9.17, 15) is 9.50 Å². The van der Waals surface area contributed by atoms with Gasteiger partial charge >= 0.3 is 0 Å². The number of halogens is 3. The number of rotatable bonds is 3. The summed E-state index contributed by atoms with van der Waals surface area (Å²) in [7, 11) is 0. The smallest absolute Gasteiger partial charge is 0.137 e. The molecular formula is C16H13BrClFO2. The Morgan fingerprint density at radius 2 is 2.14 bits per heavy atom. The molecule has 1 unspecified atom stereocenters. The molecule has 5 heteroatoms. The zero-order chi connectivity index (χ0) is 15.0. The van der Waals surface area contributed by atoms with Gasteiger partial charge in [0.15, 0.2) is 0 Å². The Morgan fingerprint density at radius 3 is 2.90 bits per heavy atom. The maximum atomic E-state index is 13.3. The molecule has 2 aromatic carbocycles. The van der Waals surface area contributed by atoms with Crippen molar-refractivity contribution in [2.24, 2.45) is 0 Å². The maximum Gasteiger partial charge on any atom is 0.137 e. The highest BCUT2D eigenvalue weighted by Gasteiger charge is 2.20. The summed E-state index contributed by atoms with van der Waals surface area (Å²) in [5, 5.41) is 11.0. The first-order valence-corrected chi connectivity index (χ1v) is 7.79. The molecule has 3 rings (SSSR count). The first kappa shape index (κ1) is 14.8. The molecule has 0 saturated carbocycles. The third-order valence-corrected chi connectivity index (χ3v) is 4.39. The van der Waals surface area contributed by atoms with E-state index in [1.54, 1.807) is 12.1 Å². The minimum absolute atomic E-state index is 0.339. The number of aliphatic hydroxyl groups is 1. The molecule has 0 fully saturated rings. The third-order valence-electron chi connectivity index (χ3n) is 3.57. The highest BCUT2D eigenvalue weighted by molar-refractivity contribution is 9.10. The van der Waals surface area contributed by atoms with Crippen LogP contribution in [0.1, 0.15) is 22.8 Å². The van der Waals surface area contributed by atoms with Gasteiger partial charge in [-0.1, -0.05) is 17.7 Å². The average Bonchev–Trinajstić information content (AvgIpc) is 2.90. The van der Waals surface area contributed by atoms with Crippen LogP contribution >= 0.6 is 27.5 Å². The van der Waals surface area contributed by atoms with Crippen molar-refractivity contribution in [3.8, 4) is 5.75 Å². The number of hydrogen-bond donors (Lipinski definition) is 1. The lowest BCUT2D eigenvalue weighted by molar-refractivity contribution is 0.177. The van der Waals surface area contributed by atoms with E-state index >= 15 is 0 Å². The van der Waals surface area contributed by atoms with Crippen molar-refractivity contribution in [3.05, 3.63) is 62.3 Å². The number of aliphatic hydroxyl groups excluding tert-OH is 1. The van der Waals surface area contributed by atoms with Crippen LogP contribution in [0.5, 0.6) is 5.75 Å². The largest absolute Gasteiger partial charge is 0.493 e. The zero-order valence-corrected chi connectivity index (χ0v) is 13.4. The predicted octanol–water partition coefficient (Wildman–Crippen LogP) is 4.45. The minimum Gasteiger partial charge on any atom is -0.493 e. The van der Waals surface area contributed by atoms with Gasteiger partial charge in [0.2, 0.25) is 0 Å². The van der Waals surface area contributed by atoms with E-state index in [0.717, 1.165) is 23.3 Å². The molecule has 1 aliphatic rings. The molecule has 110 valence electrons. The van der Waals surface area contributed by atoms with Crippen molar-refractivity contribution in [1.82, 2.24) is 0 Å². The highest BCUT2D eigenvalue weighted by Crippen LogP contribution is 2.35. The fraction of sp³-hybridized carbons (Fsp3) is 0.250. The van der Waals surface area contributed by atoms with Crippen LogP contribution in [-0.4, -0.2) is 11.7 Å². The molecule has 0 aromatic heterocycles. The van der Waals surface area contributed by atoms with Gasteiger partial charge in [-0.15, -0.1) is 0 Å². The Morgan fingerprint density at radius 1 is 1.33 bits per heavy atom. The highest BCUT2D eigenvalue weighted by atomic mass is 79.9. The summed E-state index contributed by atoms with van der Waals surface area (Å²) in [5.74, 6) is 0.470. The van der Waals surface area contributed by atoms with Gasteiger partial charge < -0.3 is 9.84 Å². The van der Waals surface area contributed by atoms with Crippen LogP contribution in [0.4, 0.5) is 4.39 Å². The molecule has 1 atom stereocenters. The van der Waals surface area contributed by atoms with Gasteiger partial charge in [0.25, 0.3) is 0 Å². The van der Waals surface area contributed by atoms with Crippen molar-refractivity contribution in [2.45, 2.75) is 18.9 Å². The Hall–Kier alpha value is -1.10. The first-order chi connectivity index (χ1) is 10.0. The monoisotopic (exact) mass is 370 g/mol. The lowest BCUT2D eigenvalue weighted by atomic mass is 9.99. The molecule has 21 heavy (non-hydrogen) atoms. The average molecular weight is 372 g/mol. The van der Waals surface area contributed by atoms with Crippen molar-refractivity contribution in [1.29, 1.82) is 0 Å². The van der Waals surface area contributed by atoms with Crippen molar-refractivity contribution >= 4 is 27.5 Å². The Bertz CT molecular complexity index is 690. The Balaban J connectivity index is 1.88. The normalized spacial score (nSPS) is 14.7. The Kier molecular flexibility index (Phi) is 4.20. The minimum atomic E-state index is -0.742. The summed E-state index contributed by atoms with van der Waals surface area (Å²) in [5.41, 5.74) is 2.60. The van der Waals surface area contributed by atoms with Crippen molar-refractivity contribution in [2.75, 3.05) is 6.61 Å². The van der Waals surface area contributed by atoms with E-state index in [1.165, 1.54) is 6.07 Å². The quantitative estimate of drug-likeness (QED) is 0.863. The number of hydrogen-bond acceptors (Lipinski definition) is 2. The van der Waals surface area contributed by atoms with Gasteiger partial charge in [-0.3, -0.25) is 0 Å². The summed E-state index contributed by atoms with van der Waals surface area (Å²) in [6.07, 6.45) is 0.468. The standard InChI is InChI=1S/C16H13BrClFO2/c17-13-7-9(1-2-14(13)19)15(20)8-11-6-12(18)5-10-3-4-21-16(10)11/h1-2,5-7,15,20H,3-4,8H2. The molecule has 0 aliphatic carbocycles. The summed E-state index contributed by atoms with van der Waals surface area (Å²) < 4.78 is 19.2. The van der Waals surface area contributed by atoms with E-state index in [4.69, 9.17) is 16.3 Å². The van der Waals surface area contributed by atoms with Gasteiger partial charge in [-0.25, -0.2) is 4.39 Å². The van der Waals surface area contributed by atoms with Crippen LogP contribution < -0.4 is 4.74 Å². The van der Waals surface area contributed by atoms with E-state index in [-0.39, 0.29) is 5.82 Å². The van der Waals surface area contributed by atoms with Crippen LogP contribution in [-0.2, 0) is 12.8 Å². The van der Waals surface area contributed by atoms with Crippen LogP contribution in [0.2, 0.25) is 5.02 Å². The number of ether oxygens (including phenoxy) is 1. The fourth-order valence-electron chi connectivity index (χ4n) is 2.54. The molecule has 0 bridgehead atoms. The summed E-state index contributed by atoms with van der Waals surface area (Å²) in [6.45, 7) is 0.640. The lowest BCUT2D eigenvalue weighted by Crippen LogP contribution is -2.04. The van der Waals surface area contributed by atoms with Gasteiger partial charge in [0.1, 0.15) is 11.6 Å². The van der Waals surface area contributed by atoms with Crippen LogP contribution in [0.15, 0.2) is 34.8 Å². The van der Waals surface area contributed by atoms with Gasteiger partial charge in [0.05, 0.1) is 17.2 Å². The number of benzene rings is 2. The molecule has 0 radical (unpaired) electrons. The van der Waals surface area contributed by atoms with Gasteiger partial charge in [-0.05, 0) is 56.9 Å². The SMILES string of the molecule is OC(Cc1cc(Cl)cc2c1OCC2)c1ccc(F)c(Br)c1. The van der Waals surface area contributed by atoms with Crippen LogP contribution in [0, 0.1) is 5.82 Å². The molecular weight excluding hydrogens is 359 g/mol. The summed E-state index contributed by atoms with van der Waals surface area (Å²) in [4.78, 5) is 0. The molecule has 2 nitrogen and oxygen atoms in total. The van der Waals surface area contributed by atoms with Crippen molar-refractivity contribution < 1.29 is 14.2 Å². The predicted molar refractivity (Wildman–Crippen MR) is 83.4 cm³/mol. The van der Waals surface area contributed by atoms with Crippen LogP contribution in [0.3, 0.4) is 0 Å². The molecule has 0 spiro atoms. The molecule has 0 amide bonds. The van der Waals surface area contributed by atoms with E-state index < -0.39 is 6.10 Å². The maximum absolute atomic E-state index is 13.3. The second-order valence-corrected chi connectivity index (χ2v) is 6.34. The molecule has 2 aromatic rings. The second-order valence-electron chi connectivity index (χ2n) is 5.05. The number of fused-ring (bicyclic) bond motifs is 1. The van der Waals surface area contributed by atoms with Gasteiger partial charge in [-0.2, -0.15) is 0 Å². The molecule has 0 saturated heterocycles. The second kappa shape index (κ2) is 5.95. The van der Waals surface area contributed by atoms with Crippen LogP contribution in [0.25, 0.3) is 0 Å². The summed E-state index contributed by atoms with van der Waals surface area (Å²) >= 11 is 9.24. The molecule has 1 aliphatic heterocycles. The lowest BCUT2D eigenvalue weighted by Gasteiger charge is -2.14. The summed E-state index contributed by atoms with van der Waals surface area (Å²) in [6, 6.07) is 8.21. The fourth-order valence-corrected chi connectivity index (χ4v) is 3.20. The molecule has 1 heterocycles.